The van der Waals surface area contributed by atoms with Crippen molar-refractivity contribution in [2.75, 3.05) is 0 Å². The lowest BCUT2D eigenvalue weighted by Gasteiger charge is -2.27. The number of ketones is 2. The summed E-state index contributed by atoms with van der Waals surface area (Å²) >= 11 is 0. The van der Waals surface area contributed by atoms with Crippen LogP contribution in [0.15, 0.2) is 152 Å². The van der Waals surface area contributed by atoms with E-state index in [9.17, 15) is 24.6 Å². The van der Waals surface area contributed by atoms with E-state index in [1.165, 1.54) is 39.4 Å². The van der Waals surface area contributed by atoms with Crippen molar-refractivity contribution in [3.63, 3.8) is 0 Å². The summed E-state index contributed by atoms with van der Waals surface area (Å²) in [6, 6.07) is 49.8. The van der Waals surface area contributed by atoms with Crippen LogP contribution in [-0.2, 0) is 0 Å². The van der Waals surface area contributed by atoms with Crippen molar-refractivity contribution in [3.05, 3.63) is 179 Å². The van der Waals surface area contributed by atoms with Gasteiger partial charge in [-0.15, -0.1) is 0 Å². The van der Waals surface area contributed by atoms with Crippen molar-refractivity contribution in [2.45, 2.75) is 0 Å². The van der Waals surface area contributed by atoms with Crippen LogP contribution in [0.4, 0.5) is 0 Å². The smallest absolute Gasteiger partial charge is 0.335 e. The summed E-state index contributed by atoms with van der Waals surface area (Å²) in [6.07, 6.45) is 0. The Labute approximate surface area is 266 Å². The Morgan fingerprint density at radius 2 is 0.870 bits per heavy atom. The van der Waals surface area contributed by atoms with Gasteiger partial charge in [0.2, 0.25) is 5.78 Å². The van der Waals surface area contributed by atoms with Crippen molar-refractivity contribution in [2.24, 2.45) is 0 Å². The number of carbonyl (C=O) groups excluding carboxylic acids is 2. The highest BCUT2D eigenvalue weighted by molar-refractivity contribution is 8.01. The van der Waals surface area contributed by atoms with E-state index in [1.54, 1.807) is 0 Å². The zero-order valence-corrected chi connectivity index (χ0v) is 25.3. The van der Waals surface area contributed by atoms with Crippen LogP contribution in [0, 0.1) is 0 Å². The average Bonchev–Trinajstić information content (AvgIpc) is 3.09. The summed E-state index contributed by atoms with van der Waals surface area (Å²) in [5.74, 6) is -3.62. The van der Waals surface area contributed by atoms with Crippen molar-refractivity contribution in [3.8, 4) is 11.5 Å². The first-order valence-electron chi connectivity index (χ1n) is 14.5. The minimum absolute atomic E-state index is 0.0190. The van der Waals surface area contributed by atoms with E-state index in [-0.39, 0.29) is 33.6 Å². The van der Waals surface area contributed by atoms with Gasteiger partial charge in [-0.2, -0.15) is 0 Å². The van der Waals surface area contributed by atoms with Crippen LogP contribution in [0.1, 0.15) is 42.2 Å². The number of hydrogen-bond donors (Lipinski definition) is 3. The highest BCUT2D eigenvalue weighted by Crippen LogP contribution is 2.54. The average molecular weight is 624 g/mol. The molecule has 1 aliphatic carbocycles. The van der Waals surface area contributed by atoms with Crippen LogP contribution in [0.5, 0.6) is 11.5 Å². The number of phenolic OH excluding ortho intramolecular Hbond substituents is 2. The third-order valence-electron chi connectivity index (χ3n) is 7.92. The van der Waals surface area contributed by atoms with Crippen LogP contribution < -0.4 is 21.2 Å². The van der Waals surface area contributed by atoms with Crippen molar-refractivity contribution < 1.29 is 29.7 Å². The molecule has 6 aromatic carbocycles. The molecule has 0 bridgehead atoms. The van der Waals surface area contributed by atoms with Gasteiger partial charge < -0.3 is 15.3 Å². The Morgan fingerprint density at radius 3 is 1.28 bits per heavy atom. The molecule has 46 heavy (non-hydrogen) atoms. The van der Waals surface area contributed by atoms with Gasteiger partial charge in [-0.1, -0.05) is 84.9 Å². The topological polar surface area (TPSA) is 112 Å². The number of hydrogen-bond acceptors (Lipinski definition) is 5. The molecule has 0 aromatic heterocycles. The van der Waals surface area contributed by atoms with E-state index in [0.29, 0.717) is 0 Å². The third-order valence-corrected chi connectivity index (χ3v) is 12.2. The highest BCUT2D eigenvalue weighted by Gasteiger charge is 2.47. The van der Waals surface area contributed by atoms with Gasteiger partial charge in [-0.3, -0.25) is 9.59 Å². The Hall–Kier alpha value is -5.84. The number of phenols is 2. The van der Waals surface area contributed by atoms with Crippen molar-refractivity contribution >= 4 is 46.0 Å². The molecule has 224 valence electrons. The quantitative estimate of drug-likeness (QED) is 0.207. The van der Waals surface area contributed by atoms with Gasteiger partial charge in [0.15, 0.2) is 5.78 Å². The molecule has 0 heterocycles. The van der Waals surface area contributed by atoms with E-state index in [0.717, 1.165) is 12.1 Å². The fraction of sp³-hybridized carbons (Fsp3) is 0. The normalized spacial score (nSPS) is 11.9. The summed E-state index contributed by atoms with van der Waals surface area (Å²) in [7, 11) is -1.91. The molecule has 0 saturated carbocycles. The molecule has 6 nitrogen and oxygen atoms in total. The molecule has 3 N–H and O–H groups in total. The largest absolute Gasteiger partial charge is 0.507 e. The lowest BCUT2D eigenvalue weighted by molar-refractivity contribution is 0.0695. The zero-order valence-electron chi connectivity index (χ0n) is 24.4. The Bertz CT molecular complexity index is 1900. The maximum atomic E-state index is 12.4. The highest BCUT2D eigenvalue weighted by atomic mass is 31.2. The minimum Gasteiger partial charge on any atom is -0.507 e. The van der Waals surface area contributed by atoms with Gasteiger partial charge in [0.1, 0.15) is 40.0 Å². The van der Waals surface area contributed by atoms with Crippen LogP contribution >= 0.6 is 7.26 Å². The lowest BCUT2D eigenvalue weighted by atomic mass is 9.82. The number of carboxylic acid groups (broad SMARTS) is 1. The van der Waals surface area contributed by atoms with E-state index in [2.05, 4.69) is 121 Å². The predicted molar refractivity (Wildman–Crippen MR) is 181 cm³/mol. The maximum Gasteiger partial charge on any atom is 0.335 e. The van der Waals surface area contributed by atoms with Crippen LogP contribution in [-0.4, -0.2) is 32.9 Å². The minimum atomic E-state index is -1.91. The molecule has 0 aliphatic heterocycles. The Kier molecular flexibility index (Phi) is 8.30. The van der Waals surface area contributed by atoms with E-state index in [4.69, 9.17) is 5.11 Å². The van der Waals surface area contributed by atoms with Gasteiger partial charge in [0, 0.05) is 11.1 Å². The predicted octanol–water partition coefficient (Wildman–Crippen LogP) is 5.88. The van der Waals surface area contributed by atoms with Gasteiger partial charge in [0.05, 0.1) is 16.7 Å². The van der Waals surface area contributed by atoms with Gasteiger partial charge in [0.25, 0.3) is 0 Å². The fourth-order valence-corrected chi connectivity index (χ4v) is 10.2. The van der Waals surface area contributed by atoms with Crippen LogP contribution in [0.2, 0.25) is 0 Å². The molecular weight excluding hydrogens is 595 g/mol. The molecule has 0 saturated heterocycles. The molecule has 0 atom stereocenters. The molecule has 0 unspecified atom stereocenters. The van der Waals surface area contributed by atoms with Gasteiger partial charge in [-0.05, 0) is 66.7 Å². The molecule has 6 aromatic rings. The second-order valence-electron chi connectivity index (χ2n) is 10.6. The second-order valence-corrected chi connectivity index (χ2v) is 14.0. The van der Waals surface area contributed by atoms with E-state index < -0.39 is 30.5 Å². The molecular formula is C39H28O6P+. The van der Waals surface area contributed by atoms with Crippen molar-refractivity contribution in [1.82, 2.24) is 0 Å². The number of carbonyl (C=O) groups is 3. The third kappa shape index (κ3) is 5.25. The first kappa shape index (κ1) is 30.2. The first-order chi connectivity index (χ1) is 22.3. The summed E-state index contributed by atoms with van der Waals surface area (Å²) in [4.78, 5) is 35.7. The van der Waals surface area contributed by atoms with Crippen molar-refractivity contribution in [1.29, 1.82) is 0 Å². The summed E-state index contributed by atoms with van der Waals surface area (Å²) in [6.45, 7) is 0. The standard InChI is InChI=1S/C24H20P.C15H8O6/c1-5-13-21(14-6-1)25(22-15-7-2-8-16-22,23-17-9-3-10-18-23)24-19-11-4-12-20-24;16-9-3-1-2-7-11(9)14(19)12-8(13(7)18)4-6(15(20)21)5-10(12)17/h1-20H;1-5,16-17H,(H,20,21)/q+1;. The Balaban J connectivity index is 0.000000164. The molecule has 0 amide bonds. The van der Waals surface area contributed by atoms with Crippen LogP contribution in [0.25, 0.3) is 0 Å². The lowest BCUT2D eigenvalue weighted by Crippen LogP contribution is -2.38. The molecule has 0 fully saturated rings. The second kappa shape index (κ2) is 12.6. The fourth-order valence-electron chi connectivity index (χ4n) is 5.91. The Morgan fingerprint density at radius 1 is 0.457 bits per heavy atom. The van der Waals surface area contributed by atoms with Gasteiger partial charge >= 0.3 is 5.97 Å². The monoisotopic (exact) mass is 623 g/mol. The first-order valence-corrected chi connectivity index (χ1v) is 16.3. The van der Waals surface area contributed by atoms with E-state index >= 15 is 0 Å². The number of aromatic hydroxyl groups is 2. The number of fused-ring (bicyclic) bond motifs is 2. The zero-order chi connectivity index (χ0) is 32.3. The van der Waals surface area contributed by atoms with Crippen LogP contribution in [0.3, 0.4) is 0 Å². The molecule has 1 aliphatic rings. The van der Waals surface area contributed by atoms with E-state index in [1.807, 2.05) is 0 Å². The molecule has 7 heteroatoms. The van der Waals surface area contributed by atoms with Gasteiger partial charge in [-0.25, -0.2) is 4.79 Å². The maximum absolute atomic E-state index is 12.4. The SMILES string of the molecule is O=C(O)c1cc(O)c2c(c1)C(=O)c1cccc(O)c1C2=O.c1ccc([P+](c2ccccc2)(c2ccccc2)c2ccccc2)cc1. The number of aromatic carboxylic acids is 1. The molecule has 7 rings (SSSR count). The summed E-state index contributed by atoms with van der Waals surface area (Å²) < 4.78 is 0. The molecule has 0 radical (unpaired) electrons. The molecule has 0 spiro atoms. The number of benzene rings is 6. The number of carboxylic acids is 1. The summed E-state index contributed by atoms with van der Waals surface area (Å²) in [5, 5.41) is 34.1. The summed E-state index contributed by atoms with van der Waals surface area (Å²) in [5.41, 5.74) is -0.978. The number of rotatable bonds is 5.